The number of rotatable bonds is 4. The van der Waals surface area contributed by atoms with Crippen LogP contribution in [0.25, 0.3) is 0 Å². The number of aliphatic carboxylic acids is 1. The Morgan fingerprint density at radius 3 is 2.40 bits per heavy atom. The second-order valence-electron chi connectivity index (χ2n) is 4.88. The number of carbonyl (C=O) groups excluding carboxylic acids is 2. The summed E-state index contributed by atoms with van der Waals surface area (Å²) in [6.45, 7) is 1.09. The predicted octanol–water partition coefficient (Wildman–Crippen LogP) is 1.59. The topological polar surface area (TPSA) is 74.7 Å². The molecule has 0 radical (unpaired) electrons. The van der Waals surface area contributed by atoms with Crippen LogP contribution in [0.15, 0.2) is 24.3 Å². The van der Waals surface area contributed by atoms with Gasteiger partial charge in [-0.25, -0.2) is 0 Å². The SMILES string of the molecule is CC1C(=O)N(CC(=O)O)C(=O)C1Cc1ccc(Cl)cc1. The van der Waals surface area contributed by atoms with Crippen molar-refractivity contribution in [2.45, 2.75) is 13.3 Å². The van der Waals surface area contributed by atoms with Gasteiger partial charge in [0.05, 0.1) is 5.92 Å². The number of hydrogen-bond acceptors (Lipinski definition) is 3. The molecule has 1 N–H and O–H groups in total. The summed E-state index contributed by atoms with van der Waals surface area (Å²) in [5.41, 5.74) is 0.893. The maximum Gasteiger partial charge on any atom is 0.323 e. The third kappa shape index (κ3) is 2.82. The number of hydrogen-bond donors (Lipinski definition) is 1. The Morgan fingerprint density at radius 2 is 1.85 bits per heavy atom. The summed E-state index contributed by atoms with van der Waals surface area (Å²) in [7, 11) is 0. The molecule has 0 aliphatic carbocycles. The number of imide groups is 1. The van der Waals surface area contributed by atoms with Gasteiger partial charge in [0, 0.05) is 10.9 Å². The fourth-order valence-corrected chi connectivity index (χ4v) is 2.50. The van der Waals surface area contributed by atoms with Gasteiger partial charge in [-0.15, -0.1) is 0 Å². The summed E-state index contributed by atoms with van der Waals surface area (Å²) < 4.78 is 0. The third-order valence-electron chi connectivity index (χ3n) is 3.50. The molecule has 106 valence electrons. The Labute approximate surface area is 121 Å². The minimum absolute atomic E-state index is 0.402. The van der Waals surface area contributed by atoms with E-state index in [9.17, 15) is 14.4 Å². The van der Waals surface area contributed by atoms with E-state index in [1.54, 1.807) is 31.2 Å². The van der Waals surface area contributed by atoms with Crippen LogP contribution in [-0.2, 0) is 20.8 Å². The maximum atomic E-state index is 12.1. The number of amides is 2. The fraction of sp³-hybridized carbons (Fsp3) is 0.357. The highest BCUT2D eigenvalue weighted by molar-refractivity contribution is 6.30. The van der Waals surface area contributed by atoms with Gasteiger partial charge in [-0.05, 0) is 24.1 Å². The molecule has 1 aliphatic heterocycles. The van der Waals surface area contributed by atoms with E-state index in [0.29, 0.717) is 11.4 Å². The van der Waals surface area contributed by atoms with Crippen molar-refractivity contribution in [3.63, 3.8) is 0 Å². The largest absolute Gasteiger partial charge is 0.480 e. The van der Waals surface area contributed by atoms with E-state index in [-0.39, 0.29) is 0 Å². The monoisotopic (exact) mass is 295 g/mol. The molecule has 0 aromatic heterocycles. The molecule has 1 aromatic carbocycles. The molecular weight excluding hydrogens is 282 g/mol. The second kappa shape index (κ2) is 5.63. The molecule has 2 rings (SSSR count). The Bertz CT molecular complexity index is 555. The Kier molecular flexibility index (Phi) is 4.09. The highest BCUT2D eigenvalue weighted by atomic mass is 35.5. The number of carbonyl (C=O) groups is 3. The summed E-state index contributed by atoms with van der Waals surface area (Å²) in [6.07, 6.45) is 0.402. The Hall–Kier alpha value is -1.88. The third-order valence-corrected chi connectivity index (χ3v) is 3.76. The molecule has 1 aromatic rings. The van der Waals surface area contributed by atoms with Crippen LogP contribution < -0.4 is 0 Å². The molecular formula is C14H14ClNO4. The van der Waals surface area contributed by atoms with Crippen molar-refractivity contribution in [3.8, 4) is 0 Å². The highest BCUT2D eigenvalue weighted by Gasteiger charge is 2.45. The molecule has 0 bridgehead atoms. The van der Waals surface area contributed by atoms with Crippen molar-refractivity contribution in [1.82, 2.24) is 4.90 Å². The molecule has 6 heteroatoms. The summed E-state index contributed by atoms with van der Waals surface area (Å²) in [5.74, 6) is -3.04. The van der Waals surface area contributed by atoms with Gasteiger partial charge in [0.25, 0.3) is 0 Å². The number of benzene rings is 1. The molecule has 2 amide bonds. The second-order valence-corrected chi connectivity index (χ2v) is 5.32. The number of carboxylic acid groups (broad SMARTS) is 1. The normalized spacial score (nSPS) is 22.4. The van der Waals surface area contributed by atoms with Gasteiger partial charge in [0.15, 0.2) is 0 Å². The summed E-state index contributed by atoms with van der Waals surface area (Å²) in [4.78, 5) is 35.6. The maximum absolute atomic E-state index is 12.1. The number of halogens is 1. The van der Waals surface area contributed by atoms with Gasteiger partial charge in [-0.1, -0.05) is 30.7 Å². The molecule has 5 nitrogen and oxygen atoms in total. The molecule has 0 spiro atoms. The van der Waals surface area contributed by atoms with Crippen LogP contribution >= 0.6 is 11.6 Å². The lowest BCUT2D eigenvalue weighted by atomic mass is 9.90. The number of nitrogens with zero attached hydrogens (tertiary/aromatic N) is 1. The van der Waals surface area contributed by atoms with Crippen LogP contribution in [0.1, 0.15) is 12.5 Å². The minimum Gasteiger partial charge on any atom is -0.480 e. The molecule has 2 atom stereocenters. The number of likely N-dealkylation sites (tertiary alicyclic amines) is 1. The quantitative estimate of drug-likeness (QED) is 0.856. The van der Waals surface area contributed by atoms with E-state index in [4.69, 9.17) is 16.7 Å². The molecule has 1 heterocycles. The molecule has 1 fully saturated rings. The zero-order chi connectivity index (χ0) is 14.9. The molecule has 2 unspecified atom stereocenters. The van der Waals surface area contributed by atoms with E-state index < -0.39 is 36.2 Å². The zero-order valence-electron chi connectivity index (χ0n) is 10.9. The average molecular weight is 296 g/mol. The van der Waals surface area contributed by atoms with Crippen LogP contribution in [0.2, 0.25) is 5.02 Å². The zero-order valence-corrected chi connectivity index (χ0v) is 11.6. The van der Waals surface area contributed by atoms with Gasteiger partial charge in [0.1, 0.15) is 6.54 Å². The first-order chi connectivity index (χ1) is 9.40. The van der Waals surface area contributed by atoms with Crippen LogP contribution in [-0.4, -0.2) is 34.3 Å². The van der Waals surface area contributed by atoms with E-state index in [1.807, 2.05) is 0 Å². The molecule has 20 heavy (non-hydrogen) atoms. The van der Waals surface area contributed by atoms with Crippen molar-refractivity contribution in [3.05, 3.63) is 34.9 Å². The lowest BCUT2D eigenvalue weighted by Crippen LogP contribution is -2.35. The van der Waals surface area contributed by atoms with Gasteiger partial charge in [0.2, 0.25) is 11.8 Å². The predicted molar refractivity (Wildman–Crippen MR) is 72.2 cm³/mol. The molecule has 0 saturated carbocycles. The van der Waals surface area contributed by atoms with Gasteiger partial charge in [-0.2, -0.15) is 0 Å². The first-order valence-corrected chi connectivity index (χ1v) is 6.59. The Morgan fingerprint density at radius 1 is 1.25 bits per heavy atom. The van der Waals surface area contributed by atoms with Crippen molar-refractivity contribution in [2.24, 2.45) is 11.8 Å². The minimum atomic E-state index is -1.19. The Balaban J connectivity index is 2.16. The average Bonchev–Trinajstić information content (AvgIpc) is 2.58. The van der Waals surface area contributed by atoms with E-state index >= 15 is 0 Å². The summed E-state index contributed by atoms with van der Waals surface area (Å²) in [5, 5.41) is 9.34. The smallest absolute Gasteiger partial charge is 0.323 e. The first kappa shape index (κ1) is 14.5. The van der Waals surface area contributed by atoms with Crippen LogP contribution in [0, 0.1) is 11.8 Å². The number of carboxylic acids is 1. The van der Waals surface area contributed by atoms with Gasteiger partial charge in [-0.3, -0.25) is 19.3 Å². The lowest BCUT2D eigenvalue weighted by molar-refractivity contribution is -0.149. The van der Waals surface area contributed by atoms with Crippen LogP contribution in [0.5, 0.6) is 0 Å². The van der Waals surface area contributed by atoms with Gasteiger partial charge < -0.3 is 5.11 Å². The van der Waals surface area contributed by atoms with Crippen molar-refractivity contribution in [1.29, 1.82) is 0 Å². The van der Waals surface area contributed by atoms with Crippen molar-refractivity contribution < 1.29 is 19.5 Å². The highest BCUT2D eigenvalue weighted by Crippen LogP contribution is 2.29. The lowest BCUT2D eigenvalue weighted by Gasteiger charge is -2.12. The molecule has 1 aliphatic rings. The molecule has 1 saturated heterocycles. The van der Waals surface area contributed by atoms with Crippen LogP contribution in [0.4, 0.5) is 0 Å². The van der Waals surface area contributed by atoms with E-state index in [1.165, 1.54) is 0 Å². The van der Waals surface area contributed by atoms with Crippen molar-refractivity contribution >= 4 is 29.4 Å². The van der Waals surface area contributed by atoms with Gasteiger partial charge >= 0.3 is 5.97 Å². The summed E-state index contributed by atoms with van der Waals surface area (Å²) in [6, 6.07) is 7.04. The first-order valence-electron chi connectivity index (χ1n) is 6.21. The van der Waals surface area contributed by atoms with Crippen LogP contribution in [0.3, 0.4) is 0 Å². The standard InChI is InChI=1S/C14H14ClNO4/c1-8-11(6-9-2-4-10(15)5-3-9)14(20)16(13(8)19)7-12(17)18/h2-5,8,11H,6-7H2,1H3,(H,17,18). The fourth-order valence-electron chi connectivity index (χ4n) is 2.37. The van der Waals surface area contributed by atoms with Crippen molar-refractivity contribution in [2.75, 3.05) is 6.54 Å². The summed E-state index contributed by atoms with van der Waals surface area (Å²) >= 11 is 5.79. The van der Waals surface area contributed by atoms with E-state index in [2.05, 4.69) is 0 Å². The van der Waals surface area contributed by atoms with E-state index in [0.717, 1.165) is 10.5 Å².